The highest BCUT2D eigenvalue weighted by molar-refractivity contribution is 6.53. The third-order valence-corrected chi connectivity index (χ3v) is 2.88. The highest BCUT2D eigenvalue weighted by Gasteiger charge is 2.34. The summed E-state index contributed by atoms with van der Waals surface area (Å²) in [5.41, 5.74) is -0.739. The van der Waals surface area contributed by atoms with Crippen molar-refractivity contribution in [1.29, 1.82) is 5.26 Å². The van der Waals surface area contributed by atoms with E-state index >= 15 is 0 Å². The highest BCUT2D eigenvalue weighted by atomic mass is 35.5. The van der Waals surface area contributed by atoms with Gasteiger partial charge in [-0.2, -0.15) is 5.26 Å². The molecule has 5 heteroatoms. The number of nitrogens with zero attached hydrogens (tertiary/aromatic N) is 1. The largest absolute Gasteiger partial charge is 0.335 e. The Morgan fingerprint density at radius 3 is 2.36 bits per heavy atom. The number of alkyl halides is 2. The SMILES string of the molecule is N#CC1(NC(=O)C(Cl)Cl)CCCCC1. The molecule has 1 saturated carbocycles. The average molecular weight is 235 g/mol. The van der Waals surface area contributed by atoms with Crippen molar-refractivity contribution in [3.05, 3.63) is 0 Å². The van der Waals surface area contributed by atoms with E-state index in [0.717, 1.165) is 19.3 Å². The lowest BCUT2D eigenvalue weighted by molar-refractivity contribution is -0.121. The minimum Gasteiger partial charge on any atom is -0.335 e. The molecule has 1 aliphatic rings. The van der Waals surface area contributed by atoms with E-state index in [4.69, 9.17) is 28.5 Å². The number of hydrogen-bond donors (Lipinski definition) is 1. The number of carbonyl (C=O) groups excluding carboxylic acids is 1. The standard InChI is InChI=1S/C9H12Cl2N2O/c10-7(11)8(14)13-9(6-12)4-2-1-3-5-9/h7H,1-5H2,(H,13,14). The van der Waals surface area contributed by atoms with Gasteiger partial charge in [0.25, 0.3) is 5.91 Å². The van der Waals surface area contributed by atoms with E-state index in [1.54, 1.807) is 0 Å². The van der Waals surface area contributed by atoms with Gasteiger partial charge in [0.05, 0.1) is 6.07 Å². The van der Waals surface area contributed by atoms with Crippen LogP contribution in [0.3, 0.4) is 0 Å². The minimum absolute atomic E-state index is 0.475. The molecule has 1 amide bonds. The van der Waals surface area contributed by atoms with E-state index in [9.17, 15) is 4.79 Å². The monoisotopic (exact) mass is 234 g/mol. The Morgan fingerprint density at radius 1 is 1.36 bits per heavy atom. The first-order chi connectivity index (χ1) is 6.59. The Balaban J connectivity index is 2.62. The van der Waals surface area contributed by atoms with Crippen molar-refractivity contribution < 1.29 is 4.79 Å². The fourth-order valence-electron chi connectivity index (χ4n) is 1.71. The van der Waals surface area contributed by atoms with Crippen LogP contribution in [0.2, 0.25) is 0 Å². The molecule has 1 aliphatic carbocycles. The highest BCUT2D eigenvalue weighted by Crippen LogP contribution is 2.27. The molecule has 1 N–H and O–H groups in total. The summed E-state index contributed by atoms with van der Waals surface area (Å²) in [6.07, 6.45) is 4.42. The zero-order valence-corrected chi connectivity index (χ0v) is 9.24. The number of amides is 1. The number of hydrogen-bond acceptors (Lipinski definition) is 2. The van der Waals surface area contributed by atoms with Crippen molar-refractivity contribution in [2.45, 2.75) is 42.5 Å². The molecule has 0 aliphatic heterocycles. The predicted molar refractivity (Wildman–Crippen MR) is 55.1 cm³/mol. The molecule has 14 heavy (non-hydrogen) atoms. The lowest BCUT2D eigenvalue weighted by atomic mass is 9.83. The average Bonchev–Trinajstić information content (AvgIpc) is 2.19. The van der Waals surface area contributed by atoms with E-state index in [0.29, 0.717) is 12.8 Å². The fraction of sp³-hybridized carbons (Fsp3) is 0.778. The Kier molecular flexibility index (Phi) is 4.03. The first kappa shape index (κ1) is 11.6. The summed E-state index contributed by atoms with van der Waals surface area (Å²) in [4.78, 5) is 10.2. The lowest BCUT2D eigenvalue weighted by Crippen LogP contribution is -2.50. The summed E-state index contributed by atoms with van der Waals surface area (Å²) in [5.74, 6) is -0.475. The van der Waals surface area contributed by atoms with E-state index in [1.165, 1.54) is 0 Å². The Labute approximate surface area is 93.4 Å². The van der Waals surface area contributed by atoms with Crippen LogP contribution in [0.4, 0.5) is 0 Å². The van der Waals surface area contributed by atoms with Gasteiger partial charge in [0.15, 0.2) is 4.84 Å². The van der Waals surface area contributed by atoms with Crippen LogP contribution in [-0.4, -0.2) is 16.3 Å². The molecular weight excluding hydrogens is 223 g/mol. The van der Waals surface area contributed by atoms with Crippen molar-refractivity contribution in [3.8, 4) is 6.07 Å². The quantitative estimate of drug-likeness (QED) is 0.745. The van der Waals surface area contributed by atoms with Crippen molar-refractivity contribution in [2.24, 2.45) is 0 Å². The Bertz CT molecular complexity index is 254. The second-order valence-corrected chi connectivity index (χ2v) is 4.64. The van der Waals surface area contributed by atoms with Gasteiger partial charge in [-0.1, -0.05) is 42.5 Å². The molecule has 78 valence electrons. The second-order valence-electron chi connectivity index (χ2n) is 3.54. The summed E-state index contributed by atoms with van der Waals surface area (Å²) in [6, 6.07) is 2.15. The molecule has 1 rings (SSSR count). The molecule has 0 bridgehead atoms. The van der Waals surface area contributed by atoms with E-state index < -0.39 is 16.3 Å². The Hall–Kier alpha value is -0.460. The molecule has 3 nitrogen and oxygen atoms in total. The molecule has 0 aromatic rings. The minimum atomic E-state index is -1.10. The smallest absolute Gasteiger partial charge is 0.254 e. The van der Waals surface area contributed by atoms with Crippen LogP contribution in [0.15, 0.2) is 0 Å². The van der Waals surface area contributed by atoms with E-state index in [1.807, 2.05) is 0 Å². The van der Waals surface area contributed by atoms with Crippen LogP contribution in [0, 0.1) is 11.3 Å². The molecular formula is C9H12Cl2N2O. The Morgan fingerprint density at radius 2 is 1.93 bits per heavy atom. The summed E-state index contributed by atoms with van der Waals surface area (Å²) < 4.78 is 0. The van der Waals surface area contributed by atoms with Crippen molar-refractivity contribution in [3.63, 3.8) is 0 Å². The van der Waals surface area contributed by atoms with Crippen LogP contribution in [0.1, 0.15) is 32.1 Å². The van der Waals surface area contributed by atoms with Crippen molar-refractivity contribution in [1.82, 2.24) is 5.32 Å². The second kappa shape index (κ2) is 4.86. The van der Waals surface area contributed by atoms with Crippen molar-refractivity contribution >= 4 is 29.1 Å². The third kappa shape index (κ3) is 2.76. The van der Waals surface area contributed by atoms with Gasteiger partial charge < -0.3 is 5.32 Å². The van der Waals surface area contributed by atoms with Crippen LogP contribution in [0.5, 0.6) is 0 Å². The molecule has 0 unspecified atom stereocenters. The molecule has 0 radical (unpaired) electrons. The van der Waals surface area contributed by atoms with Gasteiger partial charge in [0, 0.05) is 0 Å². The first-order valence-electron chi connectivity index (χ1n) is 4.61. The van der Waals surface area contributed by atoms with Crippen LogP contribution in [0.25, 0.3) is 0 Å². The summed E-state index contributed by atoms with van der Waals surface area (Å²) in [6.45, 7) is 0. The van der Waals surface area contributed by atoms with Gasteiger partial charge in [-0.05, 0) is 12.8 Å². The van der Waals surface area contributed by atoms with Gasteiger partial charge in [0.2, 0.25) is 0 Å². The molecule has 0 atom stereocenters. The third-order valence-electron chi connectivity index (χ3n) is 2.48. The zero-order valence-electron chi connectivity index (χ0n) is 7.72. The number of nitrogens with one attached hydrogen (secondary N) is 1. The topological polar surface area (TPSA) is 52.9 Å². The van der Waals surface area contributed by atoms with Gasteiger partial charge in [-0.3, -0.25) is 4.79 Å². The van der Waals surface area contributed by atoms with Crippen LogP contribution < -0.4 is 5.32 Å². The van der Waals surface area contributed by atoms with E-state index in [-0.39, 0.29) is 0 Å². The maximum absolute atomic E-state index is 11.2. The molecule has 0 aromatic carbocycles. The molecule has 0 saturated heterocycles. The zero-order chi connectivity index (χ0) is 10.6. The number of carbonyl (C=O) groups is 1. The van der Waals surface area contributed by atoms with E-state index in [2.05, 4.69) is 11.4 Å². The van der Waals surface area contributed by atoms with Crippen LogP contribution >= 0.6 is 23.2 Å². The lowest BCUT2D eigenvalue weighted by Gasteiger charge is -2.31. The number of rotatable bonds is 2. The fourth-order valence-corrected chi connectivity index (χ4v) is 1.82. The van der Waals surface area contributed by atoms with Gasteiger partial charge in [0.1, 0.15) is 5.54 Å². The van der Waals surface area contributed by atoms with Crippen LogP contribution in [-0.2, 0) is 4.79 Å². The maximum Gasteiger partial charge on any atom is 0.254 e. The molecule has 1 fully saturated rings. The normalized spacial score (nSPS) is 20.1. The van der Waals surface area contributed by atoms with Gasteiger partial charge in [-0.15, -0.1) is 0 Å². The molecule has 0 heterocycles. The summed E-state index contributed by atoms with van der Waals surface area (Å²) in [7, 11) is 0. The van der Waals surface area contributed by atoms with Gasteiger partial charge >= 0.3 is 0 Å². The van der Waals surface area contributed by atoms with Gasteiger partial charge in [-0.25, -0.2) is 0 Å². The number of halogens is 2. The molecule has 0 aromatic heterocycles. The maximum atomic E-state index is 11.2. The predicted octanol–water partition coefficient (Wildman–Crippen LogP) is 2.13. The molecule has 0 spiro atoms. The number of nitriles is 1. The first-order valence-corrected chi connectivity index (χ1v) is 5.48. The summed E-state index contributed by atoms with van der Waals surface area (Å²) in [5, 5.41) is 11.6. The summed E-state index contributed by atoms with van der Waals surface area (Å²) >= 11 is 10.8. The van der Waals surface area contributed by atoms with Crippen molar-refractivity contribution in [2.75, 3.05) is 0 Å².